The molecule has 0 fully saturated rings. The average Bonchev–Trinajstić information content (AvgIpc) is 2.87. The van der Waals surface area contributed by atoms with Gasteiger partial charge >= 0.3 is 0 Å². The summed E-state index contributed by atoms with van der Waals surface area (Å²) in [4.78, 5) is 13.0. The van der Waals surface area contributed by atoms with Crippen LogP contribution in [0.3, 0.4) is 0 Å². The van der Waals surface area contributed by atoms with Crippen molar-refractivity contribution in [1.29, 1.82) is 5.26 Å². The maximum Gasteiger partial charge on any atom is 0.266 e. The lowest BCUT2D eigenvalue weighted by Gasteiger charge is -2.13. The molecule has 0 bridgehead atoms. The molecule has 4 rings (SSSR count). The third kappa shape index (κ3) is 5.16. The second-order valence-corrected chi connectivity index (χ2v) is 8.11. The molecule has 4 aromatic rings. The minimum absolute atomic E-state index is 0.0162. The molecule has 0 radical (unpaired) electrons. The number of hydrogen-bond donors (Lipinski definition) is 1. The molecule has 0 aliphatic carbocycles. The summed E-state index contributed by atoms with van der Waals surface area (Å²) < 4.78 is 6.17. The fraction of sp³-hybridized carbons (Fsp3) is 0.133. The molecule has 34 heavy (non-hydrogen) atoms. The first-order valence-corrected chi connectivity index (χ1v) is 11.3. The summed E-state index contributed by atoms with van der Waals surface area (Å²) in [5.41, 5.74) is 4.68. The van der Waals surface area contributed by atoms with E-state index in [4.69, 9.17) is 4.74 Å². The van der Waals surface area contributed by atoms with Gasteiger partial charge in [0.1, 0.15) is 24.0 Å². The number of anilines is 1. The van der Waals surface area contributed by atoms with E-state index in [9.17, 15) is 10.1 Å². The summed E-state index contributed by atoms with van der Waals surface area (Å²) in [5, 5.41) is 14.7. The van der Waals surface area contributed by atoms with Crippen LogP contribution in [0.5, 0.6) is 5.75 Å². The van der Waals surface area contributed by atoms with E-state index in [2.05, 4.69) is 11.4 Å². The first-order valence-electron chi connectivity index (χ1n) is 11.3. The molecule has 168 valence electrons. The molecule has 1 N–H and O–H groups in total. The van der Waals surface area contributed by atoms with Gasteiger partial charge < -0.3 is 10.1 Å². The topological polar surface area (TPSA) is 62.1 Å². The zero-order chi connectivity index (χ0) is 23.9. The van der Waals surface area contributed by atoms with Crippen LogP contribution in [-0.4, -0.2) is 5.91 Å². The highest BCUT2D eigenvalue weighted by molar-refractivity contribution is 6.11. The van der Waals surface area contributed by atoms with E-state index in [1.165, 1.54) is 5.56 Å². The predicted molar refractivity (Wildman–Crippen MR) is 137 cm³/mol. The maximum absolute atomic E-state index is 13.0. The van der Waals surface area contributed by atoms with Gasteiger partial charge in [0.25, 0.3) is 5.91 Å². The number of ether oxygens (including phenoxy) is 1. The normalized spacial score (nSPS) is 11.1. The number of carbonyl (C=O) groups is 1. The Labute approximate surface area is 200 Å². The van der Waals surface area contributed by atoms with Crippen molar-refractivity contribution in [2.24, 2.45) is 0 Å². The van der Waals surface area contributed by atoms with Crippen LogP contribution in [0, 0.1) is 18.3 Å². The molecule has 0 spiro atoms. The Bertz CT molecular complexity index is 1400. The first-order chi connectivity index (χ1) is 16.6. The van der Waals surface area contributed by atoms with Crippen molar-refractivity contribution in [3.63, 3.8) is 0 Å². The quantitative estimate of drug-likeness (QED) is 0.250. The summed E-state index contributed by atoms with van der Waals surface area (Å²) in [7, 11) is 0. The number of hydrogen-bond acceptors (Lipinski definition) is 3. The number of nitriles is 1. The number of amides is 1. The van der Waals surface area contributed by atoms with Crippen molar-refractivity contribution in [1.82, 2.24) is 0 Å². The fourth-order valence-electron chi connectivity index (χ4n) is 3.83. The number of nitrogens with one attached hydrogen (secondary N) is 1. The molecule has 4 aromatic carbocycles. The third-order valence-electron chi connectivity index (χ3n) is 5.75. The number of aryl methyl sites for hydroxylation is 2. The lowest BCUT2D eigenvalue weighted by molar-refractivity contribution is -0.112. The summed E-state index contributed by atoms with van der Waals surface area (Å²) in [6.07, 6.45) is 2.40. The van der Waals surface area contributed by atoms with Crippen molar-refractivity contribution in [3.8, 4) is 11.8 Å². The van der Waals surface area contributed by atoms with Crippen LogP contribution in [0.15, 0.2) is 90.5 Å². The molecule has 0 atom stereocenters. The molecule has 1 amide bonds. The van der Waals surface area contributed by atoms with Crippen molar-refractivity contribution >= 4 is 28.4 Å². The molecule has 0 saturated heterocycles. The molecule has 0 aromatic heterocycles. The van der Waals surface area contributed by atoms with Crippen LogP contribution >= 0.6 is 0 Å². The Morgan fingerprint density at radius 2 is 1.71 bits per heavy atom. The van der Waals surface area contributed by atoms with Crippen molar-refractivity contribution in [2.75, 3.05) is 5.32 Å². The summed E-state index contributed by atoms with van der Waals surface area (Å²) in [5.74, 6) is 0.176. The van der Waals surface area contributed by atoms with Gasteiger partial charge in [-0.25, -0.2) is 0 Å². The number of carbonyl (C=O) groups excluding carboxylic acids is 1. The van der Waals surface area contributed by atoms with E-state index in [1.807, 2.05) is 98.8 Å². The number of fused-ring (bicyclic) bond motifs is 1. The van der Waals surface area contributed by atoms with Crippen molar-refractivity contribution in [3.05, 3.63) is 113 Å². The van der Waals surface area contributed by atoms with Gasteiger partial charge in [0.2, 0.25) is 0 Å². The van der Waals surface area contributed by atoms with Gasteiger partial charge in [0.15, 0.2) is 0 Å². The molecule has 0 aliphatic heterocycles. The second-order valence-electron chi connectivity index (χ2n) is 8.11. The molecule has 0 unspecified atom stereocenters. The Morgan fingerprint density at radius 1 is 0.971 bits per heavy atom. The summed E-state index contributed by atoms with van der Waals surface area (Å²) in [6.45, 7) is 4.46. The number of benzene rings is 4. The highest BCUT2D eigenvalue weighted by Gasteiger charge is 2.15. The number of para-hydroxylation sites is 1. The lowest BCUT2D eigenvalue weighted by Crippen LogP contribution is -2.14. The monoisotopic (exact) mass is 446 g/mol. The minimum atomic E-state index is -0.444. The Morgan fingerprint density at radius 3 is 2.47 bits per heavy atom. The minimum Gasteiger partial charge on any atom is -0.488 e. The van der Waals surface area contributed by atoms with E-state index in [0.717, 1.165) is 28.3 Å². The van der Waals surface area contributed by atoms with Gasteiger partial charge in [-0.05, 0) is 53.5 Å². The molecule has 0 saturated carbocycles. The van der Waals surface area contributed by atoms with Crippen LogP contribution < -0.4 is 10.1 Å². The van der Waals surface area contributed by atoms with Crippen LogP contribution in [0.2, 0.25) is 0 Å². The number of nitrogens with zero attached hydrogens (tertiary/aromatic N) is 1. The van der Waals surface area contributed by atoms with E-state index in [0.29, 0.717) is 23.6 Å². The summed E-state index contributed by atoms with van der Waals surface area (Å²) in [6, 6.07) is 29.6. The first kappa shape index (κ1) is 22.8. The van der Waals surface area contributed by atoms with E-state index < -0.39 is 5.91 Å². The predicted octanol–water partition coefficient (Wildman–Crippen LogP) is 6.84. The molecule has 4 heteroatoms. The molecule has 0 heterocycles. The average molecular weight is 447 g/mol. The Kier molecular flexibility index (Phi) is 7.05. The number of rotatable bonds is 7. The van der Waals surface area contributed by atoms with Crippen LogP contribution in [0.4, 0.5) is 5.69 Å². The van der Waals surface area contributed by atoms with Gasteiger partial charge in [-0.2, -0.15) is 5.26 Å². The summed E-state index contributed by atoms with van der Waals surface area (Å²) >= 11 is 0. The van der Waals surface area contributed by atoms with E-state index in [-0.39, 0.29) is 5.57 Å². The lowest BCUT2D eigenvalue weighted by atomic mass is 10.0. The van der Waals surface area contributed by atoms with Gasteiger partial charge in [0, 0.05) is 11.3 Å². The van der Waals surface area contributed by atoms with E-state index in [1.54, 1.807) is 6.08 Å². The highest BCUT2D eigenvalue weighted by Crippen LogP contribution is 2.31. The standard InChI is InChI=1S/C30H26N2O2/c1-3-23-8-5-7-11-28(23)32-30(33)25(19-31)18-27-26-10-6-4-9-24(26)16-17-29(27)34-20-22-14-12-21(2)13-15-22/h4-18H,3,20H2,1-2H3,(H,32,33)/b25-18+. The Balaban J connectivity index is 1.70. The van der Waals surface area contributed by atoms with E-state index >= 15 is 0 Å². The second kappa shape index (κ2) is 10.5. The van der Waals surface area contributed by atoms with Crippen molar-refractivity contribution < 1.29 is 9.53 Å². The smallest absolute Gasteiger partial charge is 0.266 e. The third-order valence-corrected chi connectivity index (χ3v) is 5.75. The van der Waals surface area contributed by atoms with Crippen molar-refractivity contribution in [2.45, 2.75) is 26.9 Å². The van der Waals surface area contributed by atoms with Crippen LogP contribution in [0.1, 0.15) is 29.2 Å². The van der Waals surface area contributed by atoms with Gasteiger partial charge in [-0.15, -0.1) is 0 Å². The maximum atomic E-state index is 13.0. The molecular formula is C30H26N2O2. The van der Waals surface area contributed by atoms with Gasteiger partial charge in [0.05, 0.1) is 0 Å². The molecule has 4 nitrogen and oxygen atoms in total. The zero-order valence-electron chi connectivity index (χ0n) is 19.3. The largest absolute Gasteiger partial charge is 0.488 e. The molecular weight excluding hydrogens is 420 g/mol. The SMILES string of the molecule is CCc1ccccc1NC(=O)/C(C#N)=C/c1c(OCc2ccc(C)cc2)ccc2ccccc12. The van der Waals surface area contributed by atoms with Crippen LogP contribution in [0.25, 0.3) is 16.8 Å². The van der Waals surface area contributed by atoms with Gasteiger partial charge in [-0.3, -0.25) is 4.79 Å². The zero-order valence-corrected chi connectivity index (χ0v) is 19.3. The highest BCUT2D eigenvalue weighted by atomic mass is 16.5. The van der Waals surface area contributed by atoms with Crippen LogP contribution in [-0.2, 0) is 17.8 Å². The Hall–Kier alpha value is -4.36. The van der Waals surface area contributed by atoms with Gasteiger partial charge in [-0.1, -0.05) is 85.3 Å². The fourth-order valence-corrected chi connectivity index (χ4v) is 3.83. The molecule has 0 aliphatic rings.